The van der Waals surface area contributed by atoms with Crippen molar-refractivity contribution in [2.45, 2.75) is 103 Å². The molecule has 0 aromatic heterocycles. The Morgan fingerprint density at radius 1 is 0.955 bits per heavy atom. The Hall–Kier alpha value is -0.0831. The van der Waals surface area contributed by atoms with Crippen molar-refractivity contribution in [2.24, 2.45) is 5.92 Å². The smallest absolute Gasteiger partial charge is 0.191 e. The summed E-state index contributed by atoms with van der Waals surface area (Å²) in [7, 11) is -1.52. The SMILES string of the molecule is CC(C)(C)[Si](C)(C)OCCCCC/C=C/C1CCCCCC1. The zero-order valence-electron chi connectivity index (χ0n) is 15.9. The van der Waals surface area contributed by atoms with Crippen LogP contribution in [0.2, 0.25) is 18.1 Å². The molecule has 0 spiro atoms. The lowest BCUT2D eigenvalue weighted by atomic mass is 9.99. The van der Waals surface area contributed by atoms with Gasteiger partial charge in [0.1, 0.15) is 0 Å². The molecule has 1 aliphatic rings. The first-order valence-corrected chi connectivity index (χ1v) is 12.5. The Kier molecular flexibility index (Phi) is 9.00. The fourth-order valence-corrected chi connectivity index (χ4v) is 3.96. The van der Waals surface area contributed by atoms with Crippen molar-refractivity contribution in [2.75, 3.05) is 6.61 Å². The first-order chi connectivity index (χ1) is 10.3. The molecular weight excluding hydrogens is 284 g/mol. The molecule has 0 aromatic rings. The van der Waals surface area contributed by atoms with Gasteiger partial charge in [0, 0.05) is 6.61 Å². The molecule has 0 saturated heterocycles. The molecule has 0 radical (unpaired) electrons. The van der Waals surface area contributed by atoms with Crippen LogP contribution in [0.25, 0.3) is 0 Å². The predicted molar refractivity (Wildman–Crippen MR) is 102 cm³/mol. The van der Waals surface area contributed by atoms with Crippen LogP contribution in [0.4, 0.5) is 0 Å². The molecule has 0 aliphatic heterocycles. The molecule has 130 valence electrons. The minimum atomic E-state index is -1.52. The van der Waals surface area contributed by atoms with E-state index in [1.54, 1.807) is 0 Å². The number of hydrogen-bond acceptors (Lipinski definition) is 1. The van der Waals surface area contributed by atoms with Crippen molar-refractivity contribution in [1.82, 2.24) is 0 Å². The van der Waals surface area contributed by atoms with Crippen molar-refractivity contribution in [3.8, 4) is 0 Å². The topological polar surface area (TPSA) is 9.23 Å². The number of rotatable bonds is 8. The van der Waals surface area contributed by atoms with Crippen LogP contribution >= 0.6 is 0 Å². The van der Waals surface area contributed by atoms with E-state index in [1.165, 1.54) is 64.2 Å². The third kappa shape index (κ3) is 7.96. The predicted octanol–water partition coefficient (Wildman–Crippen LogP) is 7.10. The van der Waals surface area contributed by atoms with Gasteiger partial charge in [0.05, 0.1) is 0 Å². The highest BCUT2D eigenvalue weighted by Gasteiger charge is 2.36. The lowest BCUT2D eigenvalue weighted by Crippen LogP contribution is -2.40. The van der Waals surface area contributed by atoms with Crippen LogP contribution < -0.4 is 0 Å². The zero-order valence-corrected chi connectivity index (χ0v) is 16.9. The standard InChI is InChI=1S/C20H40OSi/c1-20(2,3)22(4,5)21-18-14-10-6-7-11-15-19-16-12-8-9-13-17-19/h11,15,19H,6-10,12-14,16-18H2,1-5H3/b15-11+. The van der Waals surface area contributed by atoms with Gasteiger partial charge < -0.3 is 4.43 Å². The molecule has 1 nitrogen and oxygen atoms in total. The molecule has 1 saturated carbocycles. The maximum absolute atomic E-state index is 6.23. The lowest BCUT2D eigenvalue weighted by Gasteiger charge is -2.36. The van der Waals surface area contributed by atoms with Crippen molar-refractivity contribution in [3.63, 3.8) is 0 Å². The van der Waals surface area contributed by atoms with Gasteiger partial charge in [0.2, 0.25) is 0 Å². The summed E-state index contributed by atoms with van der Waals surface area (Å²) in [5.41, 5.74) is 0. The van der Waals surface area contributed by atoms with Crippen LogP contribution in [0, 0.1) is 5.92 Å². The van der Waals surface area contributed by atoms with E-state index >= 15 is 0 Å². The van der Waals surface area contributed by atoms with Crippen LogP contribution in [0.5, 0.6) is 0 Å². The second-order valence-corrected chi connectivity index (χ2v) is 13.4. The Morgan fingerprint density at radius 3 is 2.18 bits per heavy atom. The van der Waals surface area contributed by atoms with Gasteiger partial charge in [-0.15, -0.1) is 0 Å². The average Bonchev–Trinajstić information content (AvgIpc) is 2.69. The van der Waals surface area contributed by atoms with E-state index in [0.717, 1.165) is 12.5 Å². The Labute approximate surface area is 141 Å². The summed E-state index contributed by atoms with van der Waals surface area (Å²) in [5, 5.41) is 0.342. The first-order valence-electron chi connectivity index (χ1n) is 9.63. The normalized spacial score (nSPS) is 18.8. The Morgan fingerprint density at radius 2 is 1.59 bits per heavy atom. The third-order valence-electron chi connectivity index (χ3n) is 5.59. The molecule has 0 bridgehead atoms. The van der Waals surface area contributed by atoms with Crippen LogP contribution in [-0.4, -0.2) is 14.9 Å². The minimum absolute atomic E-state index is 0.342. The van der Waals surface area contributed by atoms with Gasteiger partial charge in [0.15, 0.2) is 8.32 Å². The summed E-state index contributed by atoms with van der Waals surface area (Å²) < 4.78 is 6.23. The van der Waals surface area contributed by atoms with E-state index in [-0.39, 0.29) is 0 Å². The summed E-state index contributed by atoms with van der Waals surface area (Å²) in [4.78, 5) is 0. The average molecular weight is 325 g/mol. The maximum Gasteiger partial charge on any atom is 0.191 e. The quantitative estimate of drug-likeness (QED) is 0.200. The molecular formula is C20H40OSi. The highest BCUT2D eigenvalue weighted by molar-refractivity contribution is 6.74. The van der Waals surface area contributed by atoms with Gasteiger partial charge in [0.25, 0.3) is 0 Å². The van der Waals surface area contributed by atoms with Crippen molar-refractivity contribution >= 4 is 8.32 Å². The summed E-state index contributed by atoms with van der Waals surface area (Å²) in [6.07, 6.45) is 18.7. The van der Waals surface area contributed by atoms with Crippen molar-refractivity contribution in [3.05, 3.63) is 12.2 Å². The summed E-state index contributed by atoms with van der Waals surface area (Å²) in [5.74, 6) is 0.879. The molecule has 2 heteroatoms. The number of unbranched alkanes of at least 4 members (excludes halogenated alkanes) is 3. The molecule has 0 amide bonds. The van der Waals surface area contributed by atoms with E-state index < -0.39 is 8.32 Å². The van der Waals surface area contributed by atoms with Crippen LogP contribution in [0.15, 0.2) is 12.2 Å². The van der Waals surface area contributed by atoms with Crippen molar-refractivity contribution < 1.29 is 4.43 Å². The molecule has 0 aromatic carbocycles. The first kappa shape index (κ1) is 20.0. The monoisotopic (exact) mass is 324 g/mol. The van der Waals surface area contributed by atoms with Gasteiger partial charge in [-0.2, -0.15) is 0 Å². The van der Waals surface area contributed by atoms with E-state index in [9.17, 15) is 0 Å². The van der Waals surface area contributed by atoms with E-state index in [1.807, 2.05) is 0 Å². The molecule has 1 rings (SSSR count). The number of allylic oxidation sites excluding steroid dienone is 2. The fourth-order valence-electron chi connectivity index (χ4n) is 2.88. The summed E-state index contributed by atoms with van der Waals surface area (Å²) >= 11 is 0. The molecule has 0 atom stereocenters. The summed E-state index contributed by atoms with van der Waals surface area (Å²) in [6, 6.07) is 0. The van der Waals surface area contributed by atoms with Gasteiger partial charge in [-0.3, -0.25) is 0 Å². The van der Waals surface area contributed by atoms with Crippen LogP contribution in [0.3, 0.4) is 0 Å². The molecule has 1 aliphatic carbocycles. The molecule has 0 heterocycles. The van der Waals surface area contributed by atoms with Gasteiger partial charge in [-0.25, -0.2) is 0 Å². The maximum atomic E-state index is 6.23. The van der Waals surface area contributed by atoms with Gasteiger partial charge in [-0.05, 0) is 56.2 Å². The zero-order chi connectivity index (χ0) is 16.5. The highest BCUT2D eigenvalue weighted by atomic mass is 28.4. The van der Waals surface area contributed by atoms with Gasteiger partial charge >= 0.3 is 0 Å². The van der Waals surface area contributed by atoms with E-state index in [4.69, 9.17) is 4.43 Å². The molecule has 22 heavy (non-hydrogen) atoms. The molecule has 0 unspecified atom stereocenters. The van der Waals surface area contributed by atoms with Crippen LogP contribution in [0.1, 0.15) is 85.0 Å². The second kappa shape index (κ2) is 9.92. The minimum Gasteiger partial charge on any atom is -0.417 e. The van der Waals surface area contributed by atoms with Gasteiger partial charge in [-0.1, -0.05) is 65.0 Å². The fraction of sp³-hybridized carbons (Fsp3) is 0.900. The Balaban J connectivity index is 2.03. The third-order valence-corrected chi connectivity index (χ3v) is 10.1. The molecule has 0 N–H and O–H groups in total. The van der Waals surface area contributed by atoms with E-state index in [0.29, 0.717) is 5.04 Å². The van der Waals surface area contributed by atoms with E-state index in [2.05, 4.69) is 46.0 Å². The molecule has 1 fully saturated rings. The largest absolute Gasteiger partial charge is 0.417 e. The second-order valence-electron chi connectivity index (χ2n) is 8.64. The summed E-state index contributed by atoms with van der Waals surface area (Å²) in [6.45, 7) is 12.6. The highest BCUT2D eigenvalue weighted by Crippen LogP contribution is 2.36. The number of hydrogen-bond donors (Lipinski definition) is 0. The Bertz CT molecular complexity index is 306. The van der Waals surface area contributed by atoms with Crippen LogP contribution in [-0.2, 0) is 4.43 Å². The lowest BCUT2D eigenvalue weighted by molar-refractivity contribution is 0.278. The van der Waals surface area contributed by atoms with Crippen molar-refractivity contribution in [1.29, 1.82) is 0 Å².